The molecule has 2 aromatic rings. The smallest absolute Gasteiger partial charge is 0.311 e. The summed E-state index contributed by atoms with van der Waals surface area (Å²) in [6.07, 6.45) is 2.87. The predicted molar refractivity (Wildman–Crippen MR) is 68.6 cm³/mol. The van der Waals surface area contributed by atoms with Gasteiger partial charge in [0.15, 0.2) is 5.75 Å². The maximum absolute atomic E-state index is 10.9. The second-order valence-corrected chi connectivity index (χ2v) is 3.95. The van der Waals surface area contributed by atoms with E-state index in [0.717, 1.165) is 5.56 Å². The van der Waals surface area contributed by atoms with Crippen LogP contribution in [0, 0.1) is 17.0 Å². The summed E-state index contributed by atoms with van der Waals surface area (Å²) in [7, 11) is 0. The number of nitrogen functional groups attached to an aromatic ring is 1. The Kier molecular flexibility index (Phi) is 3.56. The van der Waals surface area contributed by atoms with Gasteiger partial charge < -0.3 is 10.5 Å². The Morgan fingerprint density at radius 3 is 2.79 bits per heavy atom. The number of hydrogen-bond donors (Lipinski definition) is 1. The molecule has 0 unspecified atom stereocenters. The highest BCUT2D eigenvalue weighted by Crippen LogP contribution is 2.28. The van der Waals surface area contributed by atoms with Gasteiger partial charge in [-0.05, 0) is 18.6 Å². The van der Waals surface area contributed by atoms with Gasteiger partial charge in [-0.25, -0.2) is 4.98 Å². The fraction of sp³-hybridized carbons (Fsp3) is 0.167. The number of anilines is 1. The molecule has 0 bridgehead atoms. The Balaban J connectivity index is 2.15. The van der Waals surface area contributed by atoms with Crippen molar-refractivity contribution < 1.29 is 9.66 Å². The Labute approximate surface area is 109 Å². The van der Waals surface area contributed by atoms with Gasteiger partial charge in [0.25, 0.3) is 0 Å². The molecule has 0 atom stereocenters. The lowest BCUT2D eigenvalue weighted by Gasteiger charge is -2.06. The maximum atomic E-state index is 10.9. The van der Waals surface area contributed by atoms with E-state index >= 15 is 0 Å². The van der Waals surface area contributed by atoms with Crippen LogP contribution in [0.25, 0.3) is 0 Å². The van der Waals surface area contributed by atoms with Gasteiger partial charge in [0.05, 0.1) is 23.0 Å². The molecular weight excluding hydrogens is 248 g/mol. The highest BCUT2D eigenvalue weighted by atomic mass is 16.6. The molecule has 19 heavy (non-hydrogen) atoms. The van der Waals surface area contributed by atoms with Gasteiger partial charge in [0, 0.05) is 6.07 Å². The van der Waals surface area contributed by atoms with E-state index in [1.165, 1.54) is 18.5 Å². The highest BCUT2D eigenvalue weighted by Gasteiger charge is 2.15. The number of benzene rings is 1. The lowest BCUT2D eigenvalue weighted by atomic mass is 10.2. The van der Waals surface area contributed by atoms with Crippen LogP contribution in [0.2, 0.25) is 0 Å². The molecule has 7 heteroatoms. The number of ether oxygens (including phenoxy) is 1. The molecule has 0 aliphatic carbocycles. The van der Waals surface area contributed by atoms with Crippen LogP contribution in [0.4, 0.5) is 11.5 Å². The van der Waals surface area contributed by atoms with Crippen molar-refractivity contribution in [2.75, 3.05) is 5.73 Å². The molecule has 1 aromatic carbocycles. The van der Waals surface area contributed by atoms with Crippen LogP contribution in [0.1, 0.15) is 11.3 Å². The molecule has 0 amide bonds. The van der Waals surface area contributed by atoms with Crippen molar-refractivity contribution in [1.82, 2.24) is 9.97 Å². The van der Waals surface area contributed by atoms with E-state index in [0.29, 0.717) is 11.5 Å². The van der Waals surface area contributed by atoms with Gasteiger partial charge in [-0.15, -0.1) is 0 Å². The number of nitrogens with zero attached hydrogens (tertiary/aromatic N) is 3. The largest absolute Gasteiger partial charge is 0.480 e. The first kappa shape index (κ1) is 12.7. The summed E-state index contributed by atoms with van der Waals surface area (Å²) >= 11 is 0. The van der Waals surface area contributed by atoms with Crippen molar-refractivity contribution in [2.24, 2.45) is 0 Å². The predicted octanol–water partition coefficient (Wildman–Crippen LogP) is 1.85. The minimum absolute atomic E-state index is 0.0663. The Morgan fingerprint density at radius 1 is 1.37 bits per heavy atom. The topological polar surface area (TPSA) is 104 Å². The van der Waals surface area contributed by atoms with Gasteiger partial charge >= 0.3 is 5.69 Å². The summed E-state index contributed by atoms with van der Waals surface area (Å²) in [4.78, 5) is 18.3. The molecule has 7 nitrogen and oxygen atoms in total. The molecule has 1 aromatic heterocycles. The van der Waals surface area contributed by atoms with E-state index in [1.807, 2.05) is 0 Å². The first-order valence-corrected chi connectivity index (χ1v) is 5.50. The minimum Gasteiger partial charge on any atom is -0.480 e. The van der Waals surface area contributed by atoms with Gasteiger partial charge in [0.1, 0.15) is 12.4 Å². The summed E-state index contributed by atoms with van der Waals surface area (Å²) in [6, 6.07) is 4.78. The number of aromatic nitrogens is 2. The molecular formula is C12H12N4O3. The zero-order valence-electron chi connectivity index (χ0n) is 10.2. The quantitative estimate of drug-likeness (QED) is 0.664. The molecule has 0 saturated heterocycles. The molecule has 98 valence electrons. The fourth-order valence-corrected chi connectivity index (χ4v) is 1.48. The Hall–Kier alpha value is -2.70. The van der Waals surface area contributed by atoms with Crippen LogP contribution in [-0.2, 0) is 6.61 Å². The van der Waals surface area contributed by atoms with Gasteiger partial charge in [-0.3, -0.25) is 15.1 Å². The average Bonchev–Trinajstić information content (AvgIpc) is 2.39. The van der Waals surface area contributed by atoms with Crippen LogP contribution in [-0.4, -0.2) is 14.9 Å². The zero-order chi connectivity index (χ0) is 13.8. The number of hydrogen-bond acceptors (Lipinski definition) is 6. The SMILES string of the molecule is Cc1ccc(OCc2cnc(N)cn2)c([N+](=O)[O-])c1. The molecule has 0 aliphatic rings. The summed E-state index contributed by atoms with van der Waals surface area (Å²) in [5.74, 6) is 0.513. The molecule has 1 heterocycles. The van der Waals surface area contributed by atoms with E-state index in [9.17, 15) is 10.1 Å². The first-order valence-electron chi connectivity index (χ1n) is 5.50. The van der Waals surface area contributed by atoms with Crippen molar-refractivity contribution >= 4 is 11.5 Å². The van der Waals surface area contributed by atoms with E-state index in [1.54, 1.807) is 19.1 Å². The second-order valence-electron chi connectivity index (χ2n) is 3.95. The van der Waals surface area contributed by atoms with Crippen molar-refractivity contribution in [3.63, 3.8) is 0 Å². The van der Waals surface area contributed by atoms with E-state index in [4.69, 9.17) is 10.5 Å². The average molecular weight is 260 g/mol. The number of nitro benzene ring substituents is 1. The van der Waals surface area contributed by atoms with Gasteiger partial charge in [-0.1, -0.05) is 6.07 Å². The standard InChI is InChI=1S/C12H12N4O3/c1-8-2-3-11(10(4-8)16(17)18)19-7-9-5-15-12(13)6-14-9/h2-6H,7H2,1H3,(H2,13,15). The monoisotopic (exact) mass is 260 g/mol. The molecule has 0 fully saturated rings. The van der Waals surface area contributed by atoms with Crippen LogP contribution in [0.3, 0.4) is 0 Å². The molecule has 0 aliphatic heterocycles. The number of nitrogens with two attached hydrogens (primary N) is 1. The summed E-state index contributed by atoms with van der Waals surface area (Å²) in [5, 5.41) is 10.9. The van der Waals surface area contributed by atoms with E-state index in [-0.39, 0.29) is 18.0 Å². The summed E-state index contributed by atoms with van der Waals surface area (Å²) < 4.78 is 5.39. The number of nitro groups is 1. The fourth-order valence-electron chi connectivity index (χ4n) is 1.48. The maximum Gasteiger partial charge on any atom is 0.311 e. The third kappa shape index (κ3) is 3.15. The molecule has 0 spiro atoms. The zero-order valence-corrected chi connectivity index (χ0v) is 10.2. The first-order chi connectivity index (χ1) is 9.06. The van der Waals surface area contributed by atoms with E-state index in [2.05, 4.69) is 9.97 Å². The Morgan fingerprint density at radius 2 is 2.16 bits per heavy atom. The third-order valence-electron chi connectivity index (χ3n) is 2.41. The highest BCUT2D eigenvalue weighted by molar-refractivity contribution is 5.48. The lowest BCUT2D eigenvalue weighted by molar-refractivity contribution is -0.386. The van der Waals surface area contributed by atoms with Crippen molar-refractivity contribution in [3.05, 3.63) is 52.0 Å². The second kappa shape index (κ2) is 5.30. The van der Waals surface area contributed by atoms with Gasteiger partial charge in [0.2, 0.25) is 0 Å². The van der Waals surface area contributed by atoms with Gasteiger partial charge in [-0.2, -0.15) is 0 Å². The number of rotatable bonds is 4. The molecule has 0 saturated carbocycles. The molecule has 2 N–H and O–H groups in total. The number of aryl methyl sites for hydroxylation is 1. The van der Waals surface area contributed by atoms with Crippen molar-refractivity contribution in [2.45, 2.75) is 13.5 Å². The normalized spacial score (nSPS) is 10.2. The summed E-state index contributed by atoms with van der Waals surface area (Å²) in [6.45, 7) is 1.87. The van der Waals surface area contributed by atoms with Crippen LogP contribution in [0.15, 0.2) is 30.6 Å². The van der Waals surface area contributed by atoms with Crippen molar-refractivity contribution in [1.29, 1.82) is 0 Å². The van der Waals surface area contributed by atoms with Crippen LogP contribution < -0.4 is 10.5 Å². The van der Waals surface area contributed by atoms with Crippen LogP contribution >= 0.6 is 0 Å². The minimum atomic E-state index is -0.475. The molecule has 2 rings (SSSR count). The lowest BCUT2D eigenvalue weighted by Crippen LogP contribution is -2.02. The van der Waals surface area contributed by atoms with Crippen LogP contribution in [0.5, 0.6) is 5.75 Å². The third-order valence-corrected chi connectivity index (χ3v) is 2.41. The molecule has 0 radical (unpaired) electrons. The van der Waals surface area contributed by atoms with E-state index < -0.39 is 4.92 Å². The summed E-state index contributed by atoms with van der Waals surface area (Å²) in [5.41, 5.74) is 6.69. The van der Waals surface area contributed by atoms with Crippen molar-refractivity contribution in [3.8, 4) is 5.75 Å². The Bertz CT molecular complexity index is 598.